The minimum atomic E-state index is -0.578. The number of hydrogen-bond acceptors (Lipinski definition) is 5. The molecular formula is C23H26N2O5. The van der Waals surface area contributed by atoms with E-state index >= 15 is 0 Å². The predicted molar refractivity (Wildman–Crippen MR) is 112 cm³/mol. The molecule has 30 heavy (non-hydrogen) atoms. The number of anilines is 1. The van der Waals surface area contributed by atoms with E-state index in [1.54, 1.807) is 18.1 Å². The van der Waals surface area contributed by atoms with Crippen LogP contribution in [0.2, 0.25) is 0 Å². The summed E-state index contributed by atoms with van der Waals surface area (Å²) < 4.78 is 10.4. The van der Waals surface area contributed by atoms with Crippen LogP contribution in [0.5, 0.6) is 5.75 Å². The van der Waals surface area contributed by atoms with Gasteiger partial charge < -0.3 is 19.7 Å². The van der Waals surface area contributed by atoms with Crippen LogP contribution >= 0.6 is 0 Å². The first kappa shape index (κ1) is 21.4. The molecule has 7 heteroatoms. The smallest absolute Gasteiger partial charge is 0.311 e. The van der Waals surface area contributed by atoms with Crippen molar-refractivity contribution in [2.45, 2.75) is 26.3 Å². The van der Waals surface area contributed by atoms with Crippen molar-refractivity contribution in [3.05, 3.63) is 59.7 Å². The number of hydrogen-bond donors (Lipinski definition) is 1. The van der Waals surface area contributed by atoms with Gasteiger partial charge >= 0.3 is 5.97 Å². The molecule has 1 aliphatic heterocycles. The standard InChI is InChI=1S/C23H26N2O5/c1-3-16-8-10-19(11-9-16)25-14-18(12-22(25)27)23(28)30-15-21(26)24-13-17-6-4-5-7-20(17)29-2/h4-11,18H,3,12-15H2,1-2H3,(H,24,26). The average Bonchev–Trinajstić information content (AvgIpc) is 3.17. The number of ether oxygens (including phenoxy) is 2. The Labute approximate surface area is 176 Å². The van der Waals surface area contributed by atoms with Crippen molar-refractivity contribution in [1.82, 2.24) is 5.32 Å². The van der Waals surface area contributed by atoms with Gasteiger partial charge in [0.15, 0.2) is 6.61 Å². The number of rotatable bonds is 8. The number of carbonyl (C=O) groups excluding carboxylic acids is 3. The van der Waals surface area contributed by atoms with E-state index in [1.165, 1.54) is 5.56 Å². The fourth-order valence-electron chi connectivity index (χ4n) is 3.37. The monoisotopic (exact) mass is 410 g/mol. The second kappa shape index (κ2) is 9.91. The number of carbonyl (C=O) groups is 3. The zero-order valence-corrected chi connectivity index (χ0v) is 17.2. The van der Waals surface area contributed by atoms with Crippen LogP contribution in [0.1, 0.15) is 24.5 Å². The van der Waals surface area contributed by atoms with Crippen molar-refractivity contribution in [2.75, 3.05) is 25.2 Å². The van der Waals surface area contributed by atoms with Crippen LogP contribution in [-0.4, -0.2) is 38.0 Å². The summed E-state index contributed by atoms with van der Waals surface area (Å²) in [6, 6.07) is 15.1. The maximum absolute atomic E-state index is 12.3. The number of nitrogens with zero attached hydrogens (tertiary/aromatic N) is 1. The topological polar surface area (TPSA) is 84.9 Å². The molecule has 1 atom stereocenters. The van der Waals surface area contributed by atoms with Gasteiger partial charge in [-0.1, -0.05) is 37.3 Å². The summed E-state index contributed by atoms with van der Waals surface area (Å²) in [6.07, 6.45) is 0.999. The zero-order valence-electron chi connectivity index (χ0n) is 17.2. The average molecular weight is 410 g/mol. The molecule has 1 N–H and O–H groups in total. The van der Waals surface area contributed by atoms with E-state index < -0.39 is 17.8 Å². The Morgan fingerprint density at radius 3 is 2.57 bits per heavy atom. The van der Waals surface area contributed by atoms with Crippen LogP contribution in [-0.2, 0) is 32.1 Å². The Bertz CT molecular complexity index is 910. The van der Waals surface area contributed by atoms with Crippen LogP contribution in [0.4, 0.5) is 5.69 Å². The van der Waals surface area contributed by atoms with Gasteiger partial charge in [-0.25, -0.2) is 0 Å². The molecule has 158 valence electrons. The molecule has 0 radical (unpaired) electrons. The van der Waals surface area contributed by atoms with E-state index in [-0.39, 0.29) is 32.0 Å². The van der Waals surface area contributed by atoms with Gasteiger partial charge in [0.2, 0.25) is 5.91 Å². The minimum absolute atomic E-state index is 0.0806. The number of nitrogens with one attached hydrogen (secondary N) is 1. The molecule has 1 saturated heterocycles. The fraction of sp³-hybridized carbons (Fsp3) is 0.348. The highest BCUT2D eigenvalue weighted by Crippen LogP contribution is 2.26. The number of methoxy groups -OCH3 is 1. The third-order valence-corrected chi connectivity index (χ3v) is 5.13. The highest BCUT2D eigenvalue weighted by Gasteiger charge is 2.36. The van der Waals surface area contributed by atoms with Crippen molar-refractivity contribution in [3.63, 3.8) is 0 Å². The number of benzene rings is 2. The summed E-state index contributed by atoms with van der Waals surface area (Å²) in [4.78, 5) is 38.3. The Kier molecular flexibility index (Phi) is 7.06. The molecule has 2 aromatic rings. The van der Waals surface area contributed by atoms with Crippen LogP contribution in [0.3, 0.4) is 0 Å². The largest absolute Gasteiger partial charge is 0.496 e. The summed E-state index contributed by atoms with van der Waals surface area (Å²) in [5, 5.41) is 2.70. The molecule has 0 aliphatic carbocycles. The lowest BCUT2D eigenvalue weighted by atomic mass is 10.1. The van der Waals surface area contributed by atoms with Crippen molar-refractivity contribution < 1.29 is 23.9 Å². The van der Waals surface area contributed by atoms with Crippen molar-refractivity contribution in [1.29, 1.82) is 0 Å². The fourth-order valence-corrected chi connectivity index (χ4v) is 3.37. The van der Waals surface area contributed by atoms with Crippen LogP contribution < -0.4 is 15.0 Å². The van der Waals surface area contributed by atoms with Gasteiger partial charge in [-0.05, 0) is 30.2 Å². The minimum Gasteiger partial charge on any atom is -0.496 e. The number of esters is 1. The van der Waals surface area contributed by atoms with Crippen LogP contribution in [0, 0.1) is 5.92 Å². The van der Waals surface area contributed by atoms with Gasteiger partial charge in [0.05, 0.1) is 13.0 Å². The lowest BCUT2D eigenvalue weighted by Gasteiger charge is -2.17. The molecule has 0 spiro atoms. The molecule has 0 aromatic heterocycles. The van der Waals surface area contributed by atoms with Crippen LogP contribution in [0.25, 0.3) is 0 Å². The third-order valence-electron chi connectivity index (χ3n) is 5.13. The first-order valence-corrected chi connectivity index (χ1v) is 9.96. The Balaban J connectivity index is 1.47. The van der Waals surface area contributed by atoms with E-state index in [4.69, 9.17) is 9.47 Å². The molecule has 1 heterocycles. The molecule has 3 rings (SSSR count). The lowest BCUT2D eigenvalue weighted by Crippen LogP contribution is -2.31. The third kappa shape index (κ3) is 5.17. The highest BCUT2D eigenvalue weighted by molar-refractivity contribution is 5.99. The molecule has 7 nitrogen and oxygen atoms in total. The summed E-state index contributed by atoms with van der Waals surface area (Å²) >= 11 is 0. The summed E-state index contributed by atoms with van der Waals surface area (Å²) in [6.45, 7) is 2.20. The molecular weight excluding hydrogens is 384 g/mol. The van der Waals surface area contributed by atoms with Crippen molar-refractivity contribution in [3.8, 4) is 5.75 Å². The van der Waals surface area contributed by atoms with E-state index in [0.29, 0.717) is 5.75 Å². The van der Waals surface area contributed by atoms with Crippen molar-refractivity contribution in [2.24, 2.45) is 5.92 Å². The van der Waals surface area contributed by atoms with E-state index in [1.807, 2.05) is 42.5 Å². The number of para-hydroxylation sites is 1. The Morgan fingerprint density at radius 1 is 1.13 bits per heavy atom. The number of aryl methyl sites for hydroxylation is 1. The first-order chi connectivity index (χ1) is 14.5. The van der Waals surface area contributed by atoms with Gasteiger partial charge in [0.1, 0.15) is 5.75 Å². The second-order valence-electron chi connectivity index (χ2n) is 7.12. The SMILES string of the molecule is CCc1ccc(N2CC(C(=O)OCC(=O)NCc3ccccc3OC)CC2=O)cc1. The van der Waals surface area contributed by atoms with Gasteiger partial charge in [-0.15, -0.1) is 0 Å². The second-order valence-corrected chi connectivity index (χ2v) is 7.12. The van der Waals surface area contributed by atoms with Gasteiger partial charge in [-0.2, -0.15) is 0 Å². The number of amides is 2. The maximum atomic E-state index is 12.3. The Hall–Kier alpha value is -3.35. The van der Waals surface area contributed by atoms with Gasteiger partial charge in [-0.3, -0.25) is 14.4 Å². The molecule has 1 unspecified atom stereocenters. The molecule has 2 amide bonds. The maximum Gasteiger partial charge on any atom is 0.311 e. The molecule has 1 fully saturated rings. The van der Waals surface area contributed by atoms with Crippen molar-refractivity contribution >= 4 is 23.5 Å². The first-order valence-electron chi connectivity index (χ1n) is 9.96. The van der Waals surface area contributed by atoms with E-state index in [9.17, 15) is 14.4 Å². The predicted octanol–water partition coefficient (Wildman–Crippen LogP) is 2.47. The summed E-state index contributed by atoms with van der Waals surface area (Å²) in [7, 11) is 1.56. The molecule has 2 aromatic carbocycles. The molecule has 0 bridgehead atoms. The van der Waals surface area contributed by atoms with E-state index in [2.05, 4.69) is 12.2 Å². The lowest BCUT2D eigenvalue weighted by molar-refractivity contribution is -0.152. The van der Waals surface area contributed by atoms with E-state index in [0.717, 1.165) is 17.7 Å². The Morgan fingerprint density at radius 2 is 1.87 bits per heavy atom. The molecule has 1 aliphatic rings. The quantitative estimate of drug-likeness (QED) is 0.676. The summed E-state index contributed by atoms with van der Waals surface area (Å²) in [5.74, 6) is -0.979. The zero-order chi connectivity index (χ0) is 21.5. The summed E-state index contributed by atoms with van der Waals surface area (Å²) in [5.41, 5.74) is 2.77. The normalized spacial score (nSPS) is 15.7. The van der Waals surface area contributed by atoms with Gasteiger partial charge in [0, 0.05) is 30.8 Å². The van der Waals surface area contributed by atoms with Gasteiger partial charge in [0.25, 0.3) is 5.91 Å². The molecule has 0 saturated carbocycles. The highest BCUT2D eigenvalue weighted by atomic mass is 16.5. The van der Waals surface area contributed by atoms with Crippen LogP contribution in [0.15, 0.2) is 48.5 Å².